The maximum atomic E-state index is 9.22. The van der Waals surface area contributed by atoms with Crippen molar-refractivity contribution >= 4 is 27.5 Å². The molecule has 5 aromatic rings. The maximum absolute atomic E-state index is 9.22. The Hall–Kier alpha value is -3.59. The summed E-state index contributed by atoms with van der Waals surface area (Å²) < 4.78 is 2.43. The number of aromatic nitrogens is 2. The van der Waals surface area contributed by atoms with Gasteiger partial charge < -0.3 is 15.0 Å². The lowest BCUT2D eigenvalue weighted by Crippen LogP contribution is -2.17. The van der Waals surface area contributed by atoms with Crippen LogP contribution in [0.5, 0.6) is 0 Å². The topological polar surface area (TPSA) is 44.6 Å². The Morgan fingerprint density at radius 2 is 1.75 bits per heavy atom. The zero-order valence-electron chi connectivity index (χ0n) is 18.1. The SMILES string of the molecule is N=C(Cc1ccccc1)C(Cc1c[nH]c2ccccc12)c1cn2c3c(cccc13)CCC2. The van der Waals surface area contributed by atoms with Crippen molar-refractivity contribution < 1.29 is 0 Å². The van der Waals surface area contributed by atoms with Gasteiger partial charge in [-0.15, -0.1) is 0 Å². The van der Waals surface area contributed by atoms with Crippen LogP contribution in [0.15, 0.2) is 85.2 Å². The minimum atomic E-state index is 0.0477. The van der Waals surface area contributed by atoms with Gasteiger partial charge in [-0.25, -0.2) is 0 Å². The molecule has 3 aromatic carbocycles. The van der Waals surface area contributed by atoms with Crippen LogP contribution in [0, 0.1) is 5.41 Å². The van der Waals surface area contributed by atoms with E-state index in [4.69, 9.17) is 0 Å². The van der Waals surface area contributed by atoms with E-state index < -0.39 is 0 Å². The molecule has 0 aliphatic carbocycles. The maximum Gasteiger partial charge on any atom is 0.0515 e. The van der Waals surface area contributed by atoms with Crippen molar-refractivity contribution in [3.63, 3.8) is 0 Å². The fourth-order valence-electron chi connectivity index (χ4n) is 5.44. The zero-order chi connectivity index (χ0) is 21.5. The molecule has 0 radical (unpaired) electrons. The Bertz CT molecular complexity index is 1420. The predicted octanol–water partition coefficient (Wildman–Crippen LogP) is 6.66. The fourth-order valence-corrected chi connectivity index (χ4v) is 5.44. The number of hydrogen-bond acceptors (Lipinski definition) is 1. The van der Waals surface area contributed by atoms with E-state index in [1.165, 1.54) is 50.5 Å². The third-order valence-electron chi connectivity index (χ3n) is 6.99. The number of H-pyrrole nitrogens is 1. The second kappa shape index (κ2) is 7.83. The molecule has 2 N–H and O–H groups in total. The first-order chi connectivity index (χ1) is 15.8. The van der Waals surface area contributed by atoms with Crippen LogP contribution in [-0.2, 0) is 25.8 Å². The monoisotopic (exact) mass is 417 g/mol. The highest BCUT2D eigenvalue weighted by molar-refractivity contribution is 5.97. The Balaban J connectivity index is 1.46. The Labute approximate surface area is 188 Å². The van der Waals surface area contributed by atoms with Crippen molar-refractivity contribution in [2.45, 2.75) is 38.1 Å². The van der Waals surface area contributed by atoms with Gasteiger partial charge in [-0.3, -0.25) is 0 Å². The number of para-hydroxylation sites is 2. The van der Waals surface area contributed by atoms with E-state index in [2.05, 4.69) is 88.7 Å². The quantitative estimate of drug-likeness (QED) is 0.290. The molecule has 0 saturated heterocycles. The van der Waals surface area contributed by atoms with Crippen LogP contribution >= 0.6 is 0 Å². The van der Waals surface area contributed by atoms with E-state index in [1.54, 1.807) is 0 Å². The summed E-state index contributed by atoms with van der Waals surface area (Å²) in [6.07, 6.45) is 8.33. The van der Waals surface area contributed by atoms with Crippen LogP contribution in [0.3, 0.4) is 0 Å². The molecule has 0 bridgehead atoms. The zero-order valence-corrected chi connectivity index (χ0v) is 18.1. The van der Waals surface area contributed by atoms with Gasteiger partial charge in [0.05, 0.1) is 5.52 Å². The molecule has 0 spiro atoms. The molecular weight excluding hydrogens is 390 g/mol. The standard InChI is InChI=1S/C29H27N3/c30-27(16-20-8-2-1-3-9-20)25(17-22-18-31-28-14-5-4-12-23(22)28)26-19-32-15-7-11-21-10-6-13-24(26)29(21)32/h1-6,8-10,12-14,18-19,25,30-31H,7,11,15-17H2. The normalized spacial score (nSPS) is 14.1. The fraction of sp³-hybridized carbons (Fsp3) is 0.207. The van der Waals surface area contributed by atoms with Crippen LogP contribution in [-0.4, -0.2) is 15.3 Å². The molecule has 3 nitrogen and oxygen atoms in total. The van der Waals surface area contributed by atoms with Gasteiger partial charge in [-0.1, -0.05) is 66.7 Å². The highest BCUT2D eigenvalue weighted by Gasteiger charge is 2.25. The smallest absolute Gasteiger partial charge is 0.0515 e. The van der Waals surface area contributed by atoms with E-state index in [-0.39, 0.29) is 5.92 Å². The summed E-state index contributed by atoms with van der Waals surface area (Å²) >= 11 is 0. The molecule has 0 fully saturated rings. The van der Waals surface area contributed by atoms with E-state index in [1.807, 2.05) is 6.07 Å². The van der Waals surface area contributed by atoms with Crippen molar-refractivity contribution in [3.8, 4) is 0 Å². The Kier molecular flexibility index (Phi) is 4.68. The molecule has 1 unspecified atom stereocenters. The van der Waals surface area contributed by atoms with E-state index in [0.717, 1.165) is 25.1 Å². The minimum absolute atomic E-state index is 0.0477. The van der Waals surface area contributed by atoms with Crippen molar-refractivity contribution in [3.05, 3.63) is 107 Å². The number of rotatable bonds is 6. The lowest BCUT2D eigenvalue weighted by molar-refractivity contribution is 0.633. The van der Waals surface area contributed by atoms with Gasteiger partial charge in [0.2, 0.25) is 0 Å². The number of aromatic amines is 1. The van der Waals surface area contributed by atoms with Crippen LogP contribution in [0.4, 0.5) is 0 Å². The van der Waals surface area contributed by atoms with Crippen molar-refractivity contribution in [2.75, 3.05) is 0 Å². The van der Waals surface area contributed by atoms with Gasteiger partial charge >= 0.3 is 0 Å². The second-order valence-electron chi connectivity index (χ2n) is 9.00. The molecule has 3 heteroatoms. The van der Waals surface area contributed by atoms with Gasteiger partial charge in [-0.05, 0) is 47.6 Å². The number of benzene rings is 3. The largest absolute Gasteiger partial charge is 0.361 e. The first-order valence-corrected chi connectivity index (χ1v) is 11.5. The number of aryl methyl sites for hydroxylation is 2. The van der Waals surface area contributed by atoms with Gasteiger partial charge in [0.1, 0.15) is 0 Å². The molecule has 2 aromatic heterocycles. The lowest BCUT2D eigenvalue weighted by atomic mass is 9.85. The van der Waals surface area contributed by atoms with Crippen LogP contribution in [0.2, 0.25) is 0 Å². The summed E-state index contributed by atoms with van der Waals surface area (Å²) in [5.41, 5.74) is 8.56. The van der Waals surface area contributed by atoms with Crippen LogP contribution in [0.25, 0.3) is 21.8 Å². The van der Waals surface area contributed by atoms with E-state index >= 15 is 0 Å². The molecule has 1 atom stereocenters. The van der Waals surface area contributed by atoms with Crippen LogP contribution < -0.4 is 0 Å². The van der Waals surface area contributed by atoms with Gasteiger partial charge in [0.15, 0.2) is 0 Å². The highest BCUT2D eigenvalue weighted by Crippen LogP contribution is 2.36. The summed E-state index contributed by atoms with van der Waals surface area (Å²) in [5, 5.41) is 11.8. The molecule has 3 heterocycles. The summed E-state index contributed by atoms with van der Waals surface area (Å²) in [5.74, 6) is 0.0477. The number of fused-ring (bicyclic) bond motifs is 1. The molecule has 0 saturated carbocycles. The van der Waals surface area contributed by atoms with Gasteiger partial charge in [-0.2, -0.15) is 0 Å². The number of hydrogen-bond donors (Lipinski definition) is 2. The molecule has 1 aliphatic rings. The summed E-state index contributed by atoms with van der Waals surface area (Å²) in [6.45, 7) is 1.07. The molecular formula is C29H27N3. The predicted molar refractivity (Wildman–Crippen MR) is 133 cm³/mol. The first kappa shape index (κ1) is 19.1. The first-order valence-electron chi connectivity index (χ1n) is 11.5. The average Bonchev–Trinajstić information content (AvgIpc) is 3.41. The Morgan fingerprint density at radius 1 is 0.938 bits per heavy atom. The van der Waals surface area contributed by atoms with E-state index in [9.17, 15) is 5.41 Å². The third kappa shape index (κ3) is 3.25. The molecule has 1 aliphatic heterocycles. The van der Waals surface area contributed by atoms with Crippen molar-refractivity contribution in [1.29, 1.82) is 5.41 Å². The van der Waals surface area contributed by atoms with Crippen molar-refractivity contribution in [1.82, 2.24) is 9.55 Å². The van der Waals surface area contributed by atoms with E-state index in [0.29, 0.717) is 6.42 Å². The molecule has 32 heavy (non-hydrogen) atoms. The Morgan fingerprint density at radius 3 is 2.66 bits per heavy atom. The highest BCUT2D eigenvalue weighted by atomic mass is 15.0. The average molecular weight is 418 g/mol. The summed E-state index contributed by atoms with van der Waals surface area (Å²) in [6, 6.07) is 25.7. The summed E-state index contributed by atoms with van der Waals surface area (Å²) in [4.78, 5) is 3.43. The molecule has 158 valence electrons. The van der Waals surface area contributed by atoms with Crippen LogP contribution in [0.1, 0.15) is 34.6 Å². The third-order valence-corrected chi connectivity index (χ3v) is 6.99. The second-order valence-corrected chi connectivity index (χ2v) is 9.00. The number of nitrogens with zero attached hydrogens (tertiary/aromatic N) is 1. The van der Waals surface area contributed by atoms with Crippen molar-refractivity contribution in [2.24, 2.45) is 0 Å². The number of nitrogens with one attached hydrogen (secondary N) is 2. The minimum Gasteiger partial charge on any atom is -0.361 e. The summed E-state index contributed by atoms with van der Waals surface area (Å²) in [7, 11) is 0. The van der Waals surface area contributed by atoms with Gasteiger partial charge in [0.25, 0.3) is 0 Å². The molecule has 6 rings (SSSR count). The van der Waals surface area contributed by atoms with Gasteiger partial charge in [0, 0.05) is 53.3 Å². The molecule has 0 amide bonds. The lowest BCUT2D eigenvalue weighted by Gasteiger charge is -2.18.